The standard InChI is InChI=1S/C21H29NO/c1-16(2)15-18-7-3-4-8-21(18)20(9-5-6-14-22)17-10-12-19(23)13-11-17/h3-4,7-8,10-13,16,20,23H,5-6,9,14-15,22H2,1-2H3. The van der Waals surface area contributed by atoms with E-state index in [1.54, 1.807) is 12.1 Å². The van der Waals surface area contributed by atoms with Gasteiger partial charge in [-0.2, -0.15) is 0 Å². The fourth-order valence-corrected chi connectivity index (χ4v) is 3.20. The van der Waals surface area contributed by atoms with E-state index in [1.165, 1.54) is 16.7 Å². The lowest BCUT2D eigenvalue weighted by Gasteiger charge is -2.22. The Kier molecular flexibility index (Phi) is 6.66. The van der Waals surface area contributed by atoms with Gasteiger partial charge in [0.1, 0.15) is 5.75 Å². The summed E-state index contributed by atoms with van der Waals surface area (Å²) in [4.78, 5) is 0. The molecular formula is C21H29NO. The van der Waals surface area contributed by atoms with Gasteiger partial charge in [-0.3, -0.25) is 0 Å². The molecule has 0 aliphatic heterocycles. The smallest absolute Gasteiger partial charge is 0.115 e. The van der Waals surface area contributed by atoms with Crippen LogP contribution >= 0.6 is 0 Å². The van der Waals surface area contributed by atoms with E-state index in [2.05, 4.69) is 50.2 Å². The SMILES string of the molecule is CC(C)Cc1ccccc1C(CCCCN)c1ccc(O)cc1. The van der Waals surface area contributed by atoms with Crippen molar-refractivity contribution in [1.29, 1.82) is 0 Å². The third-order valence-electron chi connectivity index (χ3n) is 4.30. The molecule has 2 aromatic rings. The van der Waals surface area contributed by atoms with Gasteiger partial charge in [0.2, 0.25) is 0 Å². The van der Waals surface area contributed by atoms with Crippen LogP contribution < -0.4 is 5.73 Å². The number of hydrogen-bond acceptors (Lipinski definition) is 2. The van der Waals surface area contributed by atoms with Crippen molar-refractivity contribution in [2.75, 3.05) is 6.54 Å². The molecule has 0 saturated carbocycles. The summed E-state index contributed by atoms with van der Waals surface area (Å²) < 4.78 is 0. The fourth-order valence-electron chi connectivity index (χ4n) is 3.20. The first-order chi connectivity index (χ1) is 11.1. The van der Waals surface area contributed by atoms with Gasteiger partial charge in [0.15, 0.2) is 0 Å². The predicted octanol–water partition coefficient (Wildman–Crippen LogP) is 4.85. The molecule has 1 atom stereocenters. The number of nitrogens with two attached hydrogens (primary N) is 1. The van der Waals surface area contributed by atoms with Crippen molar-refractivity contribution < 1.29 is 5.11 Å². The first-order valence-corrected chi connectivity index (χ1v) is 8.68. The average molecular weight is 311 g/mol. The molecule has 0 spiro atoms. The number of unbranched alkanes of at least 4 members (excludes halogenated alkanes) is 1. The molecule has 0 aliphatic carbocycles. The summed E-state index contributed by atoms with van der Waals surface area (Å²) >= 11 is 0. The van der Waals surface area contributed by atoms with Gasteiger partial charge in [-0.05, 0) is 60.5 Å². The van der Waals surface area contributed by atoms with E-state index in [9.17, 15) is 5.11 Å². The minimum atomic E-state index is 0.324. The van der Waals surface area contributed by atoms with Gasteiger partial charge in [-0.25, -0.2) is 0 Å². The van der Waals surface area contributed by atoms with Crippen molar-refractivity contribution in [3.05, 3.63) is 65.2 Å². The molecule has 0 aromatic heterocycles. The second-order valence-corrected chi connectivity index (χ2v) is 6.73. The summed E-state index contributed by atoms with van der Waals surface area (Å²) in [6.07, 6.45) is 4.37. The molecule has 2 nitrogen and oxygen atoms in total. The molecule has 2 rings (SSSR count). The molecule has 0 aliphatic rings. The number of aromatic hydroxyl groups is 1. The molecule has 124 valence electrons. The Labute approximate surface area is 140 Å². The highest BCUT2D eigenvalue weighted by Crippen LogP contribution is 2.33. The van der Waals surface area contributed by atoms with Crippen LogP contribution in [0.15, 0.2) is 48.5 Å². The van der Waals surface area contributed by atoms with Gasteiger partial charge in [0, 0.05) is 5.92 Å². The van der Waals surface area contributed by atoms with Crippen LogP contribution in [0.3, 0.4) is 0 Å². The van der Waals surface area contributed by atoms with E-state index in [0.717, 1.165) is 32.2 Å². The minimum absolute atomic E-state index is 0.324. The summed E-state index contributed by atoms with van der Waals surface area (Å²) in [5.74, 6) is 1.34. The Morgan fingerprint density at radius 3 is 2.30 bits per heavy atom. The quantitative estimate of drug-likeness (QED) is 0.684. The zero-order chi connectivity index (χ0) is 16.7. The number of benzene rings is 2. The molecule has 2 heteroatoms. The molecule has 0 bridgehead atoms. The Morgan fingerprint density at radius 1 is 0.957 bits per heavy atom. The number of hydrogen-bond donors (Lipinski definition) is 2. The van der Waals surface area contributed by atoms with Crippen LogP contribution in [0, 0.1) is 5.92 Å². The van der Waals surface area contributed by atoms with Crippen molar-refractivity contribution in [3.8, 4) is 5.75 Å². The molecule has 0 radical (unpaired) electrons. The van der Waals surface area contributed by atoms with E-state index < -0.39 is 0 Å². The monoisotopic (exact) mass is 311 g/mol. The Bertz CT molecular complexity index is 589. The first-order valence-electron chi connectivity index (χ1n) is 8.68. The summed E-state index contributed by atoms with van der Waals surface area (Å²) in [5, 5.41) is 9.58. The number of rotatable bonds is 8. The van der Waals surface area contributed by atoms with Crippen LogP contribution in [-0.2, 0) is 6.42 Å². The maximum absolute atomic E-state index is 9.58. The number of phenols is 1. The molecule has 3 N–H and O–H groups in total. The molecular weight excluding hydrogens is 282 g/mol. The average Bonchev–Trinajstić information content (AvgIpc) is 2.53. The largest absolute Gasteiger partial charge is 0.508 e. The van der Waals surface area contributed by atoms with Crippen LogP contribution in [0.4, 0.5) is 0 Å². The molecule has 1 unspecified atom stereocenters. The first kappa shape index (κ1) is 17.6. The van der Waals surface area contributed by atoms with Crippen LogP contribution in [-0.4, -0.2) is 11.7 Å². The topological polar surface area (TPSA) is 46.2 Å². The van der Waals surface area contributed by atoms with Gasteiger partial charge < -0.3 is 10.8 Å². The van der Waals surface area contributed by atoms with E-state index in [-0.39, 0.29) is 0 Å². The van der Waals surface area contributed by atoms with E-state index in [1.807, 2.05) is 0 Å². The molecule has 0 amide bonds. The molecule has 0 saturated heterocycles. The third-order valence-corrected chi connectivity index (χ3v) is 4.30. The van der Waals surface area contributed by atoms with Crippen LogP contribution in [0.25, 0.3) is 0 Å². The predicted molar refractivity (Wildman–Crippen MR) is 97.8 cm³/mol. The lowest BCUT2D eigenvalue weighted by molar-refractivity contribution is 0.475. The Balaban J connectivity index is 2.34. The van der Waals surface area contributed by atoms with Gasteiger partial charge in [0.25, 0.3) is 0 Å². The summed E-state index contributed by atoms with van der Waals surface area (Å²) in [7, 11) is 0. The Morgan fingerprint density at radius 2 is 1.65 bits per heavy atom. The lowest BCUT2D eigenvalue weighted by Crippen LogP contribution is -2.08. The third kappa shape index (κ3) is 5.11. The van der Waals surface area contributed by atoms with Crippen LogP contribution in [0.1, 0.15) is 55.7 Å². The lowest BCUT2D eigenvalue weighted by atomic mass is 9.82. The molecule has 23 heavy (non-hydrogen) atoms. The molecule has 0 fully saturated rings. The van der Waals surface area contributed by atoms with Crippen molar-refractivity contribution in [2.24, 2.45) is 11.7 Å². The van der Waals surface area contributed by atoms with Crippen molar-refractivity contribution in [3.63, 3.8) is 0 Å². The maximum atomic E-state index is 9.58. The van der Waals surface area contributed by atoms with Crippen LogP contribution in [0.2, 0.25) is 0 Å². The van der Waals surface area contributed by atoms with Crippen molar-refractivity contribution in [2.45, 2.75) is 45.4 Å². The normalized spacial score (nSPS) is 12.5. The van der Waals surface area contributed by atoms with E-state index in [0.29, 0.717) is 17.6 Å². The highest BCUT2D eigenvalue weighted by atomic mass is 16.3. The second-order valence-electron chi connectivity index (χ2n) is 6.73. The highest BCUT2D eigenvalue weighted by molar-refractivity contribution is 5.39. The minimum Gasteiger partial charge on any atom is -0.508 e. The zero-order valence-corrected chi connectivity index (χ0v) is 14.3. The fraction of sp³-hybridized carbons (Fsp3) is 0.429. The highest BCUT2D eigenvalue weighted by Gasteiger charge is 2.17. The van der Waals surface area contributed by atoms with Gasteiger partial charge in [-0.15, -0.1) is 0 Å². The zero-order valence-electron chi connectivity index (χ0n) is 14.3. The summed E-state index contributed by atoms with van der Waals surface area (Å²) in [6.45, 7) is 5.28. The van der Waals surface area contributed by atoms with Crippen molar-refractivity contribution >= 4 is 0 Å². The molecule has 0 heterocycles. The molecule has 2 aromatic carbocycles. The van der Waals surface area contributed by atoms with E-state index in [4.69, 9.17) is 5.73 Å². The second kappa shape index (κ2) is 8.73. The Hall–Kier alpha value is -1.80. The number of phenolic OH excluding ortho intramolecular Hbond substituents is 1. The van der Waals surface area contributed by atoms with Gasteiger partial charge >= 0.3 is 0 Å². The van der Waals surface area contributed by atoms with Crippen LogP contribution in [0.5, 0.6) is 5.75 Å². The van der Waals surface area contributed by atoms with Crippen molar-refractivity contribution in [1.82, 2.24) is 0 Å². The summed E-state index contributed by atoms with van der Waals surface area (Å²) in [5.41, 5.74) is 9.81. The van der Waals surface area contributed by atoms with Gasteiger partial charge in [0.05, 0.1) is 0 Å². The van der Waals surface area contributed by atoms with E-state index >= 15 is 0 Å². The summed E-state index contributed by atoms with van der Waals surface area (Å²) in [6, 6.07) is 16.5. The maximum Gasteiger partial charge on any atom is 0.115 e. The van der Waals surface area contributed by atoms with Gasteiger partial charge in [-0.1, -0.05) is 56.7 Å².